The molecular weight excluding hydrogens is 168 g/mol. The summed E-state index contributed by atoms with van der Waals surface area (Å²) >= 11 is 5.41. The van der Waals surface area contributed by atoms with Gasteiger partial charge in [-0.05, 0) is 18.1 Å². The molecule has 0 spiro atoms. The molecule has 12 heavy (non-hydrogen) atoms. The van der Waals surface area contributed by atoms with Crippen LogP contribution in [-0.2, 0) is 0 Å². The molecule has 0 aliphatic carbocycles. The summed E-state index contributed by atoms with van der Waals surface area (Å²) in [4.78, 5) is 0. The fraction of sp³-hybridized carbons (Fsp3) is 0.0909. The lowest BCUT2D eigenvalue weighted by atomic mass is 10.1. The second-order valence-electron chi connectivity index (χ2n) is 2.53. The Labute approximate surface area is 78.2 Å². The van der Waals surface area contributed by atoms with E-state index in [4.69, 9.17) is 11.6 Å². The first-order chi connectivity index (χ1) is 5.84. The standard InChI is InChI=1S/C11H11Cl/c1-10(6-5-9-12)11-7-3-2-4-8-11/h2-9H,1H3/b9-5+,10-6+. The molecule has 0 aromatic heterocycles. The van der Waals surface area contributed by atoms with Crippen molar-refractivity contribution in [2.75, 3.05) is 0 Å². The molecule has 1 aromatic rings. The van der Waals surface area contributed by atoms with E-state index in [1.165, 1.54) is 16.7 Å². The van der Waals surface area contributed by atoms with Gasteiger partial charge in [0.25, 0.3) is 0 Å². The number of rotatable bonds is 2. The zero-order valence-corrected chi connectivity index (χ0v) is 7.75. The predicted octanol–water partition coefficient (Wildman–Crippen LogP) is 3.84. The van der Waals surface area contributed by atoms with Gasteiger partial charge in [-0.15, -0.1) is 0 Å². The molecule has 0 fully saturated rings. The first kappa shape index (κ1) is 9.08. The number of benzene rings is 1. The Morgan fingerprint density at radius 2 is 1.92 bits per heavy atom. The van der Waals surface area contributed by atoms with Crippen LogP contribution in [0.3, 0.4) is 0 Å². The summed E-state index contributed by atoms with van der Waals surface area (Å²) in [5.41, 5.74) is 3.95. The smallest absolute Gasteiger partial charge is 0.00425 e. The summed E-state index contributed by atoms with van der Waals surface area (Å²) in [6.45, 7) is 2.06. The highest BCUT2D eigenvalue weighted by Gasteiger charge is 1.89. The second kappa shape index (κ2) is 4.78. The maximum Gasteiger partial charge on any atom is 0.00425 e. The van der Waals surface area contributed by atoms with Gasteiger partial charge in [-0.25, -0.2) is 0 Å². The van der Waals surface area contributed by atoms with Crippen molar-refractivity contribution in [1.82, 2.24) is 0 Å². The lowest BCUT2D eigenvalue weighted by molar-refractivity contribution is 1.57. The van der Waals surface area contributed by atoms with Crippen LogP contribution in [0.4, 0.5) is 0 Å². The quantitative estimate of drug-likeness (QED) is 0.604. The molecule has 62 valence electrons. The molecule has 1 rings (SSSR count). The molecule has 0 heterocycles. The Bertz CT molecular complexity index is 283. The van der Waals surface area contributed by atoms with Crippen LogP contribution >= 0.6 is 11.6 Å². The van der Waals surface area contributed by atoms with Crippen LogP contribution in [0, 0.1) is 0 Å². The first-order valence-electron chi connectivity index (χ1n) is 3.83. The zero-order valence-electron chi connectivity index (χ0n) is 7.00. The van der Waals surface area contributed by atoms with Crippen molar-refractivity contribution in [3.8, 4) is 0 Å². The topological polar surface area (TPSA) is 0 Å². The molecule has 1 heteroatoms. The molecule has 0 aliphatic rings. The minimum Gasteiger partial charge on any atom is -0.0930 e. The number of hydrogen-bond acceptors (Lipinski definition) is 0. The van der Waals surface area contributed by atoms with E-state index >= 15 is 0 Å². The van der Waals surface area contributed by atoms with Gasteiger partial charge in [0.15, 0.2) is 0 Å². The summed E-state index contributed by atoms with van der Waals surface area (Å²) in [6, 6.07) is 10.2. The third-order valence-electron chi connectivity index (χ3n) is 1.65. The Balaban J connectivity index is 2.85. The van der Waals surface area contributed by atoms with Gasteiger partial charge in [-0.1, -0.05) is 54.1 Å². The lowest BCUT2D eigenvalue weighted by Gasteiger charge is -1.97. The van der Waals surface area contributed by atoms with Crippen LogP contribution in [0.15, 0.2) is 48.0 Å². The monoisotopic (exact) mass is 178 g/mol. The summed E-state index contributed by atoms with van der Waals surface area (Å²) in [6.07, 6.45) is 3.81. The number of halogens is 1. The van der Waals surface area contributed by atoms with Crippen molar-refractivity contribution in [2.45, 2.75) is 6.92 Å². The van der Waals surface area contributed by atoms with Crippen LogP contribution in [0.5, 0.6) is 0 Å². The Morgan fingerprint density at radius 3 is 2.50 bits per heavy atom. The number of allylic oxidation sites excluding steroid dienone is 3. The van der Waals surface area contributed by atoms with E-state index in [0.29, 0.717) is 0 Å². The lowest BCUT2D eigenvalue weighted by Crippen LogP contribution is -1.75. The van der Waals surface area contributed by atoms with Gasteiger partial charge in [0.2, 0.25) is 0 Å². The van der Waals surface area contributed by atoms with E-state index in [9.17, 15) is 0 Å². The maximum absolute atomic E-state index is 5.41. The van der Waals surface area contributed by atoms with E-state index in [1.807, 2.05) is 30.4 Å². The van der Waals surface area contributed by atoms with E-state index in [0.717, 1.165) is 0 Å². The van der Waals surface area contributed by atoms with Gasteiger partial charge in [-0.2, -0.15) is 0 Å². The fourth-order valence-electron chi connectivity index (χ4n) is 0.978. The summed E-state index contributed by atoms with van der Waals surface area (Å²) in [5, 5.41) is 0. The molecule has 0 aliphatic heterocycles. The van der Waals surface area contributed by atoms with E-state index in [1.54, 1.807) is 0 Å². The van der Waals surface area contributed by atoms with Crippen LogP contribution in [0.1, 0.15) is 12.5 Å². The third-order valence-corrected chi connectivity index (χ3v) is 1.79. The fourth-order valence-corrected chi connectivity index (χ4v) is 1.05. The Hall–Kier alpha value is -1.01. The maximum atomic E-state index is 5.41. The molecule has 0 saturated carbocycles. The molecule has 0 amide bonds. The Kier molecular flexibility index (Phi) is 3.62. The highest BCUT2D eigenvalue weighted by Crippen LogP contribution is 2.12. The number of hydrogen-bond donors (Lipinski definition) is 0. The summed E-state index contributed by atoms with van der Waals surface area (Å²) in [7, 11) is 0. The average molecular weight is 179 g/mol. The van der Waals surface area contributed by atoms with Crippen LogP contribution < -0.4 is 0 Å². The van der Waals surface area contributed by atoms with Crippen LogP contribution in [0.25, 0.3) is 5.57 Å². The first-order valence-corrected chi connectivity index (χ1v) is 4.27. The zero-order chi connectivity index (χ0) is 8.81. The molecule has 0 bridgehead atoms. The third kappa shape index (κ3) is 2.55. The average Bonchev–Trinajstić information content (AvgIpc) is 2.15. The molecule has 0 nitrogen and oxygen atoms in total. The molecule has 1 aromatic carbocycles. The molecule has 0 radical (unpaired) electrons. The summed E-state index contributed by atoms with van der Waals surface area (Å²) in [5.74, 6) is 0. The van der Waals surface area contributed by atoms with Gasteiger partial charge in [-0.3, -0.25) is 0 Å². The molecule has 0 atom stereocenters. The van der Waals surface area contributed by atoms with E-state index in [2.05, 4.69) is 19.1 Å². The molecular formula is C11H11Cl. The van der Waals surface area contributed by atoms with Crippen molar-refractivity contribution in [2.24, 2.45) is 0 Å². The SMILES string of the molecule is C/C(=C\C=C\Cl)c1ccccc1. The highest BCUT2D eigenvalue weighted by molar-refractivity contribution is 6.25. The minimum atomic E-state index is 1.22. The van der Waals surface area contributed by atoms with E-state index in [-0.39, 0.29) is 0 Å². The van der Waals surface area contributed by atoms with Crippen molar-refractivity contribution in [1.29, 1.82) is 0 Å². The van der Waals surface area contributed by atoms with Gasteiger partial charge in [0.05, 0.1) is 0 Å². The molecule has 0 N–H and O–H groups in total. The van der Waals surface area contributed by atoms with Crippen LogP contribution in [-0.4, -0.2) is 0 Å². The van der Waals surface area contributed by atoms with E-state index < -0.39 is 0 Å². The van der Waals surface area contributed by atoms with Gasteiger partial charge < -0.3 is 0 Å². The largest absolute Gasteiger partial charge is 0.0930 e. The minimum absolute atomic E-state index is 1.22. The van der Waals surface area contributed by atoms with Gasteiger partial charge in [0, 0.05) is 5.54 Å². The van der Waals surface area contributed by atoms with Crippen molar-refractivity contribution in [3.63, 3.8) is 0 Å². The van der Waals surface area contributed by atoms with Crippen LogP contribution in [0.2, 0.25) is 0 Å². The normalized spacial score (nSPS) is 12.3. The highest BCUT2D eigenvalue weighted by atomic mass is 35.5. The molecule has 0 saturated heterocycles. The molecule has 0 unspecified atom stereocenters. The summed E-state index contributed by atoms with van der Waals surface area (Å²) < 4.78 is 0. The predicted molar refractivity (Wildman–Crippen MR) is 55.1 cm³/mol. The van der Waals surface area contributed by atoms with Crippen molar-refractivity contribution >= 4 is 17.2 Å². The van der Waals surface area contributed by atoms with Gasteiger partial charge >= 0.3 is 0 Å². The van der Waals surface area contributed by atoms with Gasteiger partial charge in [0.1, 0.15) is 0 Å². The van der Waals surface area contributed by atoms with Crippen molar-refractivity contribution < 1.29 is 0 Å². The van der Waals surface area contributed by atoms with Crippen molar-refractivity contribution in [3.05, 3.63) is 53.6 Å². The Morgan fingerprint density at radius 1 is 1.25 bits per heavy atom. The second-order valence-corrected chi connectivity index (χ2v) is 2.79.